The highest BCUT2D eigenvalue weighted by Crippen LogP contribution is 2.26. The zero-order chi connectivity index (χ0) is 12.1. The van der Waals surface area contributed by atoms with Crippen molar-refractivity contribution >= 4 is 27.5 Å². The molecule has 0 aliphatic carbocycles. The molecule has 16 heavy (non-hydrogen) atoms. The highest BCUT2D eigenvalue weighted by Gasteiger charge is 2.16. The first-order valence-corrected chi connectivity index (χ1v) is 6.38. The van der Waals surface area contributed by atoms with Gasteiger partial charge < -0.3 is 4.90 Å². The molecule has 2 nitrogen and oxygen atoms in total. The van der Waals surface area contributed by atoms with Gasteiger partial charge in [0.15, 0.2) is 0 Å². The third-order valence-electron chi connectivity index (χ3n) is 2.71. The Labute approximate surface area is 106 Å². The van der Waals surface area contributed by atoms with Crippen molar-refractivity contribution in [2.75, 3.05) is 11.4 Å². The van der Waals surface area contributed by atoms with Gasteiger partial charge in [-0.3, -0.25) is 4.79 Å². The fraction of sp³-hybridized carbons (Fsp3) is 0.462. The average Bonchev–Trinajstić information content (AvgIpc) is 2.26. The summed E-state index contributed by atoms with van der Waals surface area (Å²) in [4.78, 5) is 13.5. The summed E-state index contributed by atoms with van der Waals surface area (Å²) in [5.41, 5.74) is 0.954. The maximum atomic E-state index is 11.7. The normalized spacial score (nSPS) is 12.2. The summed E-state index contributed by atoms with van der Waals surface area (Å²) >= 11 is 3.48. The average molecular weight is 284 g/mol. The van der Waals surface area contributed by atoms with Crippen LogP contribution in [0.2, 0.25) is 0 Å². The molecule has 0 N–H and O–H groups in total. The van der Waals surface area contributed by atoms with Crippen LogP contribution in [0.1, 0.15) is 27.2 Å². The van der Waals surface area contributed by atoms with E-state index >= 15 is 0 Å². The van der Waals surface area contributed by atoms with E-state index in [1.54, 1.807) is 6.92 Å². The van der Waals surface area contributed by atoms with E-state index in [0.29, 0.717) is 5.92 Å². The molecule has 1 amide bonds. The zero-order valence-corrected chi connectivity index (χ0v) is 11.6. The number of benzene rings is 1. The van der Waals surface area contributed by atoms with Gasteiger partial charge in [-0.2, -0.15) is 0 Å². The largest absolute Gasteiger partial charge is 0.311 e. The van der Waals surface area contributed by atoms with Crippen molar-refractivity contribution < 1.29 is 4.79 Å². The first kappa shape index (κ1) is 13.2. The maximum absolute atomic E-state index is 11.7. The summed E-state index contributed by atoms with van der Waals surface area (Å²) in [6.07, 6.45) is 1.08. The molecule has 1 rings (SSSR count). The second kappa shape index (κ2) is 6.04. The molecule has 0 saturated heterocycles. The summed E-state index contributed by atoms with van der Waals surface area (Å²) in [5, 5.41) is 0. The van der Waals surface area contributed by atoms with Gasteiger partial charge in [-0.15, -0.1) is 0 Å². The third-order valence-corrected chi connectivity index (χ3v) is 3.39. The monoisotopic (exact) mass is 283 g/mol. The Hall–Kier alpha value is -0.830. The van der Waals surface area contributed by atoms with Crippen LogP contribution >= 0.6 is 15.9 Å². The van der Waals surface area contributed by atoms with E-state index in [-0.39, 0.29) is 5.91 Å². The minimum atomic E-state index is 0.0900. The van der Waals surface area contributed by atoms with Crippen LogP contribution in [0.5, 0.6) is 0 Å². The number of carbonyl (C=O) groups excluding carboxylic acids is 1. The van der Waals surface area contributed by atoms with E-state index in [2.05, 4.69) is 29.8 Å². The fourth-order valence-corrected chi connectivity index (χ4v) is 2.01. The van der Waals surface area contributed by atoms with Crippen LogP contribution in [0.25, 0.3) is 0 Å². The highest BCUT2D eigenvalue weighted by atomic mass is 79.9. The van der Waals surface area contributed by atoms with E-state index in [0.717, 1.165) is 23.1 Å². The van der Waals surface area contributed by atoms with Gasteiger partial charge in [0.05, 0.1) is 5.69 Å². The molecule has 0 fully saturated rings. The molecule has 1 atom stereocenters. The Morgan fingerprint density at radius 1 is 1.44 bits per heavy atom. The smallest absolute Gasteiger partial charge is 0.223 e. The van der Waals surface area contributed by atoms with E-state index in [1.165, 1.54) is 0 Å². The van der Waals surface area contributed by atoms with Gasteiger partial charge in [0, 0.05) is 17.9 Å². The number of rotatable bonds is 4. The van der Waals surface area contributed by atoms with Crippen molar-refractivity contribution in [2.24, 2.45) is 5.92 Å². The molecule has 1 aromatic carbocycles. The number of nitrogens with zero attached hydrogens (tertiary/aromatic N) is 1. The molecule has 0 aliphatic heterocycles. The fourth-order valence-electron chi connectivity index (χ4n) is 1.51. The first-order valence-electron chi connectivity index (χ1n) is 5.58. The second-order valence-electron chi connectivity index (χ2n) is 4.09. The summed E-state index contributed by atoms with van der Waals surface area (Å²) in [6.45, 7) is 6.69. The summed E-state index contributed by atoms with van der Waals surface area (Å²) in [6, 6.07) is 7.83. The van der Waals surface area contributed by atoms with Crippen molar-refractivity contribution in [2.45, 2.75) is 27.2 Å². The third kappa shape index (κ3) is 3.34. The van der Waals surface area contributed by atoms with Crippen molar-refractivity contribution in [3.05, 3.63) is 28.7 Å². The van der Waals surface area contributed by atoms with Gasteiger partial charge in [0.25, 0.3) is 0 Å². The number of hydrogen-bond donors (Lipinski definition) is 0. The summed E-state index contributed by atoms with van der Waals surface area (Å²) in [5.74, 6) is 0.600. The van der Waals surface area contributed by atoms with Crippen LogP contribution in [0.15, 0.2) is 28.7 Å². The number of para-hydroxylation sites is 1. The van der Waals surface area contributed by atoms with Gasteiger partial charge >= 0.3 is 0 Å². The SMILES string of the molecule is CCC(C)CN(C(C)=O)c1ccccc1Br. The molecule has 0 saturated carbocycles. The summed E-state index contributed by atoms with van der Waals surface area (Å²) in [7, 11) is 0. The van der Waals surface area contributed by atoms with Crippen molar-refractivity contribution in [1.82, 2.24) is 0 Å². The molecular formula is C13H18BrNO. The van der Waals surface area contributed by atoms with Gasteiger partial charge in [-0.25, -0.2) is 0 Å². The first-order chi connectivity index (χ1) is 7.56. The minimum absolute atomic E-state index is 0.0900. The molecule has 0 spiro atoms. The number of halogens is 1. The Morgan fingerprint density at radius 3 is 2.56 bits per heavy atom. The van der Waals surface area contributed by atoms with E-state index in [1.807, 2.05) is 29.2 Å². The minimum Gasteiger partial charge on any atom is -0.311 e. The summed E-state index contributed by atoms with van der Waals surface area (Å²) < 4.78 is 0.966. The lowest BCUT2D eigenvalue weighted by atomic mass is 10.1. The van der Waals surface area contributed by atoms with Crippen molar-refractivity contribution in [3.8, 4) is 0 Å². The predicted molar refractivity (Wildman–Crippen MR) is 71.6 cm³/mol. The quantitative estimate of drug-likeness (QED) is 0.822. The molecule has 0 aliphatic rings. The predicted octanol–water partition coefficient (Wildman–Crippen LogP) is 3.85. The van der Waals surface area contributed by atoms with Gasteiger partial charge in [-0.05, 0) is 34.0 Å². The second-order valence-corrected chi connectivity index (χ2v) is 4.95. The van der Waals surface area contributed by atoms with Gasteiger partial charge in [-0.1, -0.05) is 32.4 Å². The Morgan fingerprint density at radius 2 is 2.06 bits per heavy atom. The number of hydrogen-bond acceptors (Lipinski definition) is 1. The molecule has 0 bridgehead atoms. The molecule has 1 aromatic rings. The van der Waals surface area contributed by atoms with Crippen LogP contribution in [0, 0.1) is 5.92 Å². The van der Waals surface area contributed by atoms with Crippen molar-refractivity contribution in [1.29, 1.82) is 0 Å². The number of carbonyl (C=O) groups is 1. The van der Waals surface area contributed by atoms with Crippen LogP contribution in [-0.4, -0.2) is 12.5 Å². The van der Waals surface area contributed by atoms with Crippen LogP contribution in [0.3, 0.4) is 0 Å². The maximum Gasteiger partial charge on any atom is 0.223 e. The Bertz CT molecular complexity index is 365. The molecule has 88 valence electrons. The number of amides is 1. The zero-order valence-electron chi connectivity index (χ0n) is 10.0. The van der Waals surface area contributed by atoms with Crippen LogP contribution in [0.4, 0.5) is 5.69 Å². The lowest BCUT2D eigenvalue weighted by Gasteiger charge is -2.25. The topological polar surface area (TPSA) is 20.3 Å². The van der Waals surface area contributed by atoms with E-state index in [9.17, 15) is 4.79 Å². The van der Waals surface area contributed by atoms with Gasteiger partial charge in [0.1, 0.15) is 0 Å². The lowest BCUT2D eigenvalue weighted by Crippen LogP contribution is -2.32. The molecule has 0 radical (unpaired) electrons. The molecular weight excluding hydrogens is 266 g/mol. The van der Waals surface area contributed by atoms with Gasteiger partial charge in [0.2, 0.25) is 5.91 Å². The lowest BCUT2D eigenvalue weighted by molar-refractivity contribution is -0.116. The Balaban J connectivity index is 2.94. The molecule has 0 heterocycles. The molecule has 1 unspecified atom stereocenters. The van der Waals surface area contributed by atoms with E-state index < -0.39 is 0 Å². The Kier molecular flexibility index (Phi) is 5.00. The number of anilines is 1. The van der Waals surface area contributed by atoms with E-state index in [4.69, 9.17) is 0 Å². The molecule has 0 aromatic heterocycles. The molecule has 3 heteroatoms. The highest BCUT2D eigenvalue weighted by molar-refractivity contribution is 9.10. The van der Waals surface area contributed by atoms with Crippen molar-refractivity contribution in [3.63, 3.8) is 0 Å². The van der Waals surface area contributed by atoms with Crippen LogP contribution in [-0.2, 0) is 4.79 Å². The standard InChI is InChI=1S/C13H18BrNO/c1-4-10(2)9-15(11(3)16)13-8-6-5-7-12(13)14/h5-8,10H,4,9H2,1-3H3. The van der Waals surface area contributed by atoms with Crippen LogP contribution < -0.4 is 4.90 Å².